The van der Waals surface area contributed by atoms with Gasteiger partial charge in [-0.25, -0.2) is 0 Å². The number of hydrogen-bond acceptors (Lipinski definition) is 4. The lowest BCUT2D eigenvalue weighted by Gasteiger charge is -2.62. The molecular formula is C24H33N3O3. The Morgan fingerprint density at radius 1 is 1.13 bits per heavy atom. The van der Waals surface area contributed by atoms with Crippen molar-refractivity contribution >= 4 is 11.8 Å². The van der Waals surface area contributed by atoms with E-state index in [1.807, 2.05) is 17.0 Å². The molecular weight excluding hydrogens is 378 g/mol. The number of piperidine rings is 1. The maximum atomic E-state index is 13.1. The molecule has 30 heavy (non-hydrogen) atoms. The third-order valence-electron chi connectivity index (χ3n) is 7.60. The molecule has 2 amide bonds. The van der Waals surface area contributed by atoms with Crippen molar-refractivity contribution in [1.29, 1.82) is 0 Å². The van der Waals surface area contributed by atoms with Crippen molar-refractivity contribution in [2.75, 3.05) is 19.7 Å². The predicted octanol–water partition coefficient (Wildman–Crippen LogP) is 2.96. The van der Waals surface area contributed by atoms with Crippen LogP contribution in [0.5, 0.6) is 0 Å². The van der Waals surface area contributed by atoms with Crippen LogP contribution in [0.2, 0.25) is 0 Å². The fourth-order valence-corrected chi connectivity index (χ4v) is 5.75. The molecule has 6 nitrogen and oxygen atoms in total. The van der Waals surface area contributed by atoms with Gasteiger partial charge in [-0.05, 0) is 56.1 Å². The Morgan fingerprint density at radius 3 is 2.57 bits per heavy atom. The van der Waals surface area contributed by atoms with E-state index in [1.165, 1.54) is 32.1 Å². The van der Waals surface area contributed by atoms with E-state index in [-0.39, 0.29) is 29.5 Å². The number of aromatic nitrogens is 1. The standard InChI is InChI=1S/C24H33N3O3/c28-21(15-19-5-4-12-25-16-19)26-13-8-20(9-14-26)27-23(29)22(30-17-18-6-7-18)24(27)10-2-1-3-11-24/h4-5,12,16,18,20,22H,1-3,6-11,13-15,17H2. The molecule has 2 saturated heterocycles. The van der Waals surface area contributed by atoms with Gasteiger partial charge in [0, 0.05) is 31.5 Å². The Labute approximate surface area is 179 Å². The summed E-state index contributed by atoms with van der Waals surface area (Å²) in [4.78, 5) is 34.1. The largest absolute Gasteiger partial charge is 0.366 e. The first-order chi connectivity index (χ1) is 14.7. The smallest absolute Gasteiger partial charge is 0.254 e. The van der Waals surface area contributed by atoms with Gasteiger partial charge in [0.1, 0.15) is 0 Å². The number of β-lactam (4-membered cyclic amide) rings is 1. The topological polar surface area (TPSA) is 62.7 Å². The zero-order valence-electron chi connectivity index (χ0n) is 17.8. The highest BCUT2D eigenvalue weighted by Gasteiger charge is 2.62. The molecule has 162 valence electrons. The van der Waals surface area contributed by atoms with Crippen LogP contribution in [0.1, 0.15) is 63.4 Å². The minimum Gasteiger partial charge on any atom is -0.366 e. The molecule has 1 aromatic rings. The molecule has 4 fully saturated rings. The average molecular weight is 412 g/mol. The van der Waals surface area contributed by atoms with Crippen LogP contribution in [-0.2, 0) is 20.7 Å². The number of nitrogens with zero attached hydrogens (tertiary/aromatic N) is 3. The molecule has 2 aliphatic heterocycles. The average Bonchev–Trinajstić information content (AvgIpc) is 3.60. The minimum absolute atomic E-state index is 0.0726. The van der Waals surface area contributed by atoms with Crippen LogP contribution in [0.4, 0.5) is 0 Å². The number of pyridine rings is 1. The minimum atomic E-state index is -0.219. The lowest BCUT2D eigenvalue weighted by atomic mass is 9.68. The molecule has 6 heteroatoms. The number of amides is 2. The van der Waals surface area contributed by atoms with Crippen LogP contribution in [0.25, 0.3) is 0 Å². The van der Waals surface area contributed by atoms with E-state index >= 15 is 0 Å². The Bertz CT molecular complexity index is 765. The normalized spacial score (nSPS) is 26.7. The van der Waals surface area contributed by atoms with Crippen molar-refractivity contribution in [3.63, 3.8) is 0 Å². The van der Waals surface area contributed by atoms with E-state index in [0.717, 1.165) is 50.9 Å². The van der Waals surface area contributed by atoms with E-state index in [1.54, 1.807) is 12.4 Å². The van der Waals surface area contributed by atoms with Crippen molar-refractivity contribution < 1.29 is 14.3 Å². The lowest BCUT2D eigenvalue weighted by molar-refractivity contribution is -0.211. The maximum absolute atomic E-state index is 13.1. The summed E-state index contributed by atoms with van der Waals surface area (Å²) < 4.78 is 6.19. The quantitative estimate of drug-likeness (QED) is 0.675. The summed E-state index contributed by atoms with van der Waals surface area (Å²) >= 11 is 0. The summed E-state index contributed by atoms with van der Waals surface area (Å²) in [5, 5.41) is 0. The number of rotatable bonds is 6. The van der Waals surface area contributed by atoms with Gasteiger partial charge >= 0.3 is 0 Å². The van der Waals surface area contributed by atoms with Crippen molar-refractivity contribution in [2.45, 2.75) is 81.9 Å². The predicted molar refractivity (Wildman–Crippen MR) is 113 cm³/mol. The van der Waals surface area contributed by atoms with Gasteiger partial charge in [0.2, 0.25) is 5.91 Å². The van der Waals surface area contributed by atoms with Crippen molar-refractivity contribution in [3.8, 4) is 0 Å². The number of carbonyl (C=O) groups excluding carboxylic acids is 2. The van der Waals surface area contributed by atoms with Gasteiger partial charge in [0.25, 0.3) is 5.91 Å². The fourth-order valence-electron chi connectivity index (χ4n) is 5.75. The SMILES string of the molecule is O=C(Cc1cccnc1)N1CCC(N2C(=O)C(OCC3CC3)C23CCCCC3)CC1. The molecule has 2 aliphatic carbocycles. The molecule has 4 aliphatic rings. The molecule has 5 rings (SSSR count). The van der Waals surface area contributed by atoms with Gasteiger partial charge < -0.3 is 14.5 Å². The second-order valence-electron chi connectivity index (χ2n) is 9.68. The number of ether oxygens (including phenoxy) is 1. The van der Waals surface area contributed by atoms with Crippen LogP contribution >= 0.6 is 0 Å². The molecule has 1 spiro atoms. The molecule has 0 N–H and O–H groups in total. The number of likely N-dealkylation sites (tertiary alicyclic amines) is 2. The fraction of sp³-hybridized carbons (Fsp3) is 0.708. The summed E-state index contributed by atoms with van der Waals surface area (Å²) in [5.74, 6) is 1.05. The maximum Gasteiger partial charge on any atom is 0.254 e. The first-order valence-corrected chi connectivity index (χ1v) is 11.8. The lowest BCUT2D eigenvalue weighted by Crippen LogP contribution is -2.78. The third-order valence-corrected chi connectivity index (χ3v) is 7.60. The zero-order chi connectivity index (χ0) is 20.6. The van der Waals surface area contributed by atoms with Crippen molar-refractivity contribution in [3.05, 3.63) is 30.1 Å². The highest BCUT2D eigenvalue weighted by atomic mass is 16.5. The van der Waals surface area contributed by atoms with Crippen LogP contribution in [0.15, 0.2) is 24.5 Å². The Kier molecular flexibility index (Phi) is 5.52. The van der Waals surface area contributed by atoms with Gasteiger partial charge in [-0.2, -0.15) is 0 Å². The van der Waals surface area contributed by atoms with Gasteiger partial charge in [0.05, 0.1) is 18.6 Å². The molecule has 0 aromatic carbocycles. The highest BCUT2D eigenvalue weighted by molar-refractivity contribution is 5.91. The van der Waals surface area contributed by atoms with E-state index in [4.69, 9.17) is 4.74 Å². The molecule has 1 aromatic heterocycles. The summed E-state index contributed by atoms with van der Waals surface area (Å²) in [6.45, 7) is 2.22. The molecule has 1 atom stereocenters. The highest BCUT2D eigenvalue weighted by Crippen LogP contribution is 2.48. The van der Waals surface area contributed by atoms with Crippen molar-refractivity contribution in [2.24, 2.45) is 5.92 Å². The Hall–Kier alpha value is -1.95. The van der Waals surface area contributed by atoms with E-state index in [0.29, 0.717) is 12.3 Å². The Balaban J connectivity index is 1.20. The van der Waals surface area contributed by atoms with Crippen LogP contribution in [0.3, 0.4) is 0 Å². The molecule has 2 saturated carbocycles. The second kappa shape index (κ2) is 8.29. The zero-order valence-corrected chi connectivity index (χ0v) is 17.8. The van der Waals surface area contributed by atoms with Gasteiger partial charge in [-0.3, -0.25) is 14.6 Å². The van der Waals surface area contributed by atoms with Gasteiger partial charge in [0.15, 0.2) is 6.10 Å². The molecule has 0 radical (unpaired) electrons. The monoisotopic (exact) mass is 411 g/mol. The summed E-state index contributed by atoms with van der Waals surface area (Å²) in [6.07, 6.45) is 13.7. The number of hydrogen-bond donors (Lipinski definition) is 0. The van der Waals surface area contributed by atoms with E-state index in [2.05, 4.69) is 9.88 Å². The van der Waals surface area contributed by atoms with Crippen LogP contribution in [-0.4, -0.2) is 64.0 Å². The third kappa shape index (κ3) is 3.75. The second-order valence-corrected chi connectivity index (χ2v) is 9.68. The first kappa shape index (κ1) is 20.0. The first-order valence-electron chi connectivity index (χ1n) is 11.8. The summed E-state index contributed by atoms with van der Waals surface area (Å²) in [7, 11) is 0. The van der Waals surface area contributed by atoms with E-state index < -0.39 is 0 Å². The van der Waals surface area contributed by atoms with Crippen LogP contribution < -0.4 is 0 Å². The molecule has 1 unspecified atom stereocenters. The van der Waals surface area contributed by atoms with E-state index in [9.17, 15) is 9.59 Å². The van der Waals surface area contributed by atoms with Crippen molar-refractivity contribution in [1.82, 2.24) is 14.8 Å². The van der Waals surface area contributed by atoms with Gasteiger partial charge in [-0.15, -0.1) is 0 Å². The summed E-state index contributed by atoms with van der Waals surface area (Å²) in [5.41, 5.74) is 0.885. The number of carbonyl (C=O) groups is 2. The summed E-state index contributed by atoms with van der Waals surface area (Å²) in [6, 6.07) is 4.07. The van der Waals surface area contributed by atoms with Gasteiger partial charge in [-0.1, -0.05) is 25.3 Å². The van der Waals surface area contributed by atoms with Crippen LogP contribution in [0, 0.1) is 5.92 Å². The Morgan fingerprint density at radius 2 is 1.90 bits per heavy atom. The molecule has 3 heterocycles. The molecule has 0 bridgehead atoms.